The molecule has 23 heavy (non-hydrogen) atoms. The SMILES string of the molecule is O=C(COc1ccccc1[N+](=O)[O-])NNC(=O)Cc1cccs1. The average Bonchev–Trinajstić information content (AvgIpc) is 3.04. The number of nitro groups is 1. The molecule has 1 aromatic carbocycles. The fraction of sp³-hybridized carbons (Fsp3) is 0.143. The molecule has 2 rings (SSSR count). The number of ether oxygens (including phenoxy) is 1. The van der Waals surface area contributed by atoms with Gasteiger partial charge in [-0.1, -0.05) is 18.2 Å². The number of benzene rings is 1. The van der Waals surface area contributed by atoms with Gasteiger partial charge in [-0.25, -0.2) is 0 Å². The molecule has 0 spiro atoms. The molecule has 0 unspecified atom stereocenters. The first-order valence-electron chi connectivity index (χ1n) is 6.52. The molecule has 9 heteroatoms. The van der Waals surface area contributed by atoms with E-state index in [1.807, 2.05) is 17.5 Å². The molecule has 0 bridgehead atoms. The van der Waals surface area contributed by atoms with Gasteiger partial charge in [0.2, 0.25) is 5.91 Å². The Balaban J connectivity index is 1.77. The lowest BCUT2D eigenvalue weighted by molar-refractivity contribution is -0.385. The predicted molar refractivity (Wildman–Crippen MR) is 82.9 cm³/mol. The van der Waals surface area contributed by atoms with Crippen molar-refractivity contribution in [1.82, 2.24) is 10.9 Å². The average molecular weight is 335 g/mol. The number of thiophene rings is 1. The van der Waals surface area contributed by atoms with E-state index in [-0.39, 0.29) is 23.8 Å². The molecule has 120 valence electrons. The third kappa shape index (κ3) is 5.08. The van der Waals surface area contributed by atoms with Gasteiger partial charge in [0.25, 0.3) is 5.91 Å². The van der Waals surface area contributed by atoms with E-state index in [0.29, 0.717) is 0 Å². The second-order valence-corrected chi connectivity index (χ2v) is 5.40. The van der Waals surface area contributed by atoms with Crippen LogP contribution >= 0.6 is 11.3 Å². The van der Waals surface area contributed by atoms with Gasteiger partial charge in [0.15, 0.2) is 12.4 Å². The molecule has 0 atom stereocenters. The van der Waals surface area contributed by atoms with Crippen molar-refractivity contribution in [2.45, 2.75) is 6.42 Å². The number of nitrogens with one attached hydrogen (secondary N) is 2. The van der Waals surface area contributed by atoms with Gasteiger partial charge in [0.1, 0.15) is 0 Å². The second kappa shape index (κ2) is 7.90. The van der Waals surface area contributed by atoms with Crippen LogP contribution in [0.2, 0.25) is 0 Å². The number of rotatable bonds is 6. The highest BCUT2D eigenvalue weighted by molar-refractivity contribution is 7.10. The minimum Gasteiger partial charge on any atom is -0.477 e. The van der Waals surface area contributed by atoms with Crippen LogP contribution in [0.3, 0.4) is 0 Å². The van der Waals surface area contributed by atoms with Crippen LogP contribution in [0.15, 0.2) is 41.8 Å². The number of carbonyl (C=O) groups excluding carboxylic acids is 2. The molecule has 0 aliphatic heterocycles. The Hall–Kier alpha value is -2.94. The van der Waals surface area contributed by atoms with Crippen LogP contribution in [0.5, 0.6) is 5.75 Å². The lowest BCUT2D eigenvalue weighted by Gasteiger charge is -2.08. The van der Waals surface area contributed by atoms with E-state index in [1.165, 1.54) is 29.5 Å². The van der Waals surface area contributed by atoms with Crippen LogP contribution in [0, 0.1) is 10.1 Å². The van der Waals surface area contributed by atoms with E-state index in [2.05, 4.69) is 10.9 Å². The van der Waals surface area contributed by atoms with E-state index in [4.69, 9.17) is 4.74 Å². The summed E-state index contributed by atoms with van der Waals surface area (Å²) < 4.78 is 5.10. The van der Waals surface area contributed by atoms with Crippen molar-refractivity contribution in [2.75, 3.05) is 6.61 Å². The Morgan fingerprint density at radius 1 is 1.13 bits per heavy atom. The van der Waals surface area contributed by atoms with Crippen molar-refractivity contribution in [3.05, 3.63) is 56.8 Å². The fourth-order valence-corrected chi connectivity index (χ4v) is 2.37. The highest BCUT2D eigenvalue weighted by Crippen LogP contribution is 2.25. The quantitative estimate of drug-likeness (QED) is 0.613. The summed E-state index contributed by atoms with van der Waals surface area (Å²) in [5.74, 6) is -1.01. The molecule has 0 radical (unpaired) electrons. The van der Waals surface area contributed by atoms with Crippen molar-refractivity contribution in [1.29, 1.82) is 0 Å². The number of nitrogens with zero attached hydrogens (tertiary/aromatic N) is 1. The summed E-state index contributed by atoms with van der Waals surface area (Å²) >= 11 is 1.44. The van der Waals surface area contributed by atoms with E-state index in [0.717, 1.165) is 4.88 Å². The van der Waals surface area contributed by atoms with Crippen molar-refractivity contribution in [3.63, 3.8) is 0 Å². The zero-order valence-electron chi connectivity index (χ0n) is 11.9. The molecule has 2 N–H and O–H groups in total. The van der Waals surface area contributed by atoms with Crippen molar-refractivity contribution >= 4 is 28.8 Å². The topological polar surface area (TPSA) is 111 Å². The Kier molecular flexibility index (Phi) is 5.64. The number of nitro benzene ring substituents is 1. The number of amides is 2. The number of hydrazine groups is 1. The molecule has 0 fully saturated rings. The van der Waals surface area contributed by atoms with Crippen LogP contribution < -0.4 is 15.6 Å². The first kappa shape index (κ1) is 16.4. The van der Waals surface area contributed by atoms with Crippen molar-refractivity contribution < 1.29 is 19.2 Å². The molecule has 0 saturated heterocycles. The molecule has 0 aliphatic carbocycles. The summed E-state index contributed by atoms with van der Waals surface area (Å²) in [7, 11) is 0. The maximum Gasteiger partial charge on any atom is 0.310 e. The first-order chi connectivity index (χ1) is 11.1. The van der Waals surface area contributed by atoms with Gasteiger partial charge < -0.3 is 4.74 Å². The van der Waals surface area contributed by atoms with Crippen LogP contribution in [-0.4, -0.2) is 23.3 Å². The lowest BCUT2D eigenvalue weighted by Crippen LogP contribution is -2.44. The largest absolute Gasteiger partial charge is 0.477 e. The summed E-state index contributed by atoms with van der Waals surface area (Å²) in [5, 5.41) is 12.7. The molecule has 1 heterocycles. The smallest absolute Gasteiger partial charge is 0.310 e. The van der Waals surface area contributed by atoms with Crippen LogP contribution in [0.4, 0.5) is 5.69 Å². The maximum absolute atomic E-state index is 11.6. The van der Waals surface area contributed by atoms with Gasteiger partial charge in [-0.3, -0.25) is 30.6 Å². The lowest BCUT2D eigenvalue weighted by atomic mass is 10.3. The normalized spacial score (nSPS) is 9.91. The van der Waals surface area contributed by atoms with Gasteiger partial charge >= 0.3 is 5.69 Å². The highest BCUT2D eigenvalue weighted by atomic mass is 32.1. The zero-order chi connectivity index (χ0) is 16.7. The Labute approximate surface area is 135 Å². The molecular weight excluding hydrogens is 322 g/mol. The zero-order valence-corrected chi connectivity index (χ0v) is 12.7. The van der Waals surface area contributed by atoms with Crippen LogP contribution in [0.25, 0.3) is 0 Å². The number of para-hydroxylation sites is 2. The summed E-state index contributed by atoms with van der Waals surface area (Å²) in [6.07, 6.45) is 0.156. The summed E-state index contributed by atoms with van der Waals surface area (Å²) in [6.45, 7) is -0.454. The van der Waals surface area contributed by atoms with E-state index in [1.54, 1.807) is 6.07 Å². The standard InChI is InChI=1S/C14H13N3O5S/c18-13(8-10-4-3-7-23-10)15-16-14(19)9-22-12-6-2-1-5-11(12)17(20)21/h1-7H,8-9H2,(H,15,18)(H,16,19). The number of carbonyl (C=O) groups is 2. The third-order valence-corrected chi connectivity index (χ3v) is 3.55. The van der Waals surface area contributed by atoms with E-state index >= 15 is 0 Å². The van der Waals surface area contributed by atoms with Crippen LogP contribution in [0.1, 0.15) is 4.88 Å². The monoisotopic (exact) mass is 335 g/mol. The number of hydrogen-bond donors (Lipinski definition) is 2. The van der Waals surface area contributed by atoms with Crippen molar-refractivity contribution in [2.24, 2.45) is 0 Å². The minimum atomic E-state index is -0.623. The molecule has 0 saturated carbocycles. The van der Waals surface area contributed by atoms with Crippen LogP contribution in [-0.2, 0) is 16.0 Å². The van der Waals surface area contributed by atoms with Gasteiger partial charge in [-0.15, -0.1) is 11.3 Å². The fourth-order valence-electron chi connectivity index (χ4n) is 1.66. The van der Waals surface area contributed by atoms with Gasteiger partial charge in [0.05, 0.1) is 11.3 Å². The Morgan fingerprint density at radius 3 is 2.57 bits per heavy atom. The first-order valence-corrected chi connectivity index (χ1v) is 7.40. The molecular formula is C14H13N3O5S. The second-order valence-electron chi connectivity index (χ2n) is 4.37. The van der Waals surface area contributed by atoms with E-state index in [9.17, 15) is 19.7 Å². The minimum absolute atomic E-state index is 0.0161. The summed E-state index contributed by atoms with van der Waals surface area (Å²) in [6, 6.07) is 9.35. The Bertz CT molecular complexity index is 702. The molecule has 2 amide bonds. The summed E-state index contributed by atoms with van der Waals surface area (Å²) in [4.78, 5) is 34.2. The molecule has 1 aromatic heterocycles. The molecule has 8 nitrogen and oxygen atoms in total. The van der Waals surface area contributed by atoms with Gasteiger partial charge in [-0.05, 0) is 17.5 Å². The van der Waals surface area contributed by atoms with Gasteiger partial charge in [0, 0.05) is 10.9 Å². The Morgan fingerprint density at radius 2 is 1.87 bits per heavy atom. The molecule has 2 aromatic rings. The predicted octanol–water partition coefficient (Wildman–Crippen LogP) is 1.43. The highest BCUT2D eigenvalue weighted by Gasteiger charge is 2.15. The van der Waals surface area contributed by atoms with Crippen molar-refractivity contribution in [3.8, 4) is 5.75 Å². The third-order valence-electron chi connectivity index (χ3n) is 2.68. The maximum atomic E-state index is 11.6. The molecule has 0 aliphatic rings. The van der Waals surface area contributed by atoms with E-state index < -0.39 is 17.4 Å². The number of hydrogen-bond acceptors (Lipinski definition) is 6. The summed E-state index contributed by atoms with van der Waals surface area (Å²) in [5.41, 5.74) is 4.20. The van der Waals surface area contributed by atoms with Gasteiger partial charge in [-0.2, -0.15) is 0 Å².